The molecular formula is C15H20N2O2. The summed E-state index contributed by atoms with van der Waals surface area (Å²) in [5.74, 6) is 0.768. The smallest absolute Gasteiger partial charge is 0.123 e. The lowest BCUT2D eigenvalue weighted by Gasteiger charge is -2.22. The lowest BCUT2D eigenvalue weighted by molar-refractivity contribution is 0.0474. The highest BCUT2D eigenvalue weighted by atomic mass is 16.5. The van der Waals surface area contributed by atoms with E-state index in [2.05, 4.69) is 11.4 Å². The van der Waals surface area contributed by atoms with E-state index >= 15 is 0 Å². The van der Waals surface area contributed by atoms with Crippen molar-refractivity contribution in [2.45, 2.75) is 37.8 Å². The summed E-state index contributed by atoms with van der Waals surface area (Å²) in [6, 6.07) is 7.50. The predicted molar refractivity (Wildman–Crippen MR) is 72.8 cm³/mol. The molecule has 2 rings (SSSR count). The molecule has 0 spiro atoms. The lowest BCUT2D eigenvalue weighted by atomic mass is 10.0. The SMILES string of the molecule is COc1ccc(C#N)cc1CNCC1(O)CCCC1. The maximum Gasteiger partial charge on any atom is 0.123 e. The van der Waals surface area contributed by atoms with E-state index in [1.807, 2.05) is 6.07 Å². The van der Waals surface area contributed by atoms with E-state index in [1.54, 1.807) is 19.2 Å². The summed E-state index contributed by atoms with van der Waals surface area (Å²) in [6.45, 7) is 1.19. The number of nitriles is 1. The van der Waals surface area contributed by atoms with E-state index in [-0.39, 0.29) is 0 Å². The molecule has 0 aliphatic heterocycles. The summed E-state index contributed by atoms with van der Waals surface area (Å²) >= 11 is 0. The molecule has 0 radical (unpaired) electrons. The van der Waals surface area contributed by atoms with Crippen LogP contribution in [-0.2, 0) is 6.54 Å². The van der Waals surface area contributed by atoms with E-state index < -0.39 is 5.60 Å². The number of methoxy groups -OCH3 is 1. The van der Waals surface area contributed by atoms with Gasteiger partial charge < -0.3 is 15.2 Å². The third-order valence-corrected chi connectivity index (χ3v) is 3.71. The Morgan fingerprint density at radius 3 is 2.79 bits per heavy atom. The van der Waals surface area contributed by atoms with E-state index in [0.717, 1.165) is 37.0 Å². The summed E-state index contributed by atoms with van der Waals surface area (Å²) in [6.07, 6.45) is 3.95. The minimum Gasteiger partial charge on any atom is -0.496 e. The van der Waals surface area contributed by atoms with Gasteiger partial charge >= 0.3 is 0 Å². The van der Waals surface area contributed by atoms with Gasteiger partial charge in [0.05, 0.1) is 24.3 Å². The quantitative estimate of drug-likeness (QED) is 0.849. The normalized spacial score (nSPS) is 17.1. The highest BCUT2D eigenvalue weighted by Crippen LogP contribution is 2.28. The maximum atomic E-state index is 10.3. The van der Waals surface area contributed by atoms with E-state index in [0.29, 0.717) is 18.7 Å². The largest absolute Gasteiger partial charge is 0.496 e. The standard InChI is InChI=1S/C15H20N2O2/c1-19-14-5-4-12(9-16)8-13(14)10-17-11-15(18)6-2-3-7-15/h4-5,8,17-18H,2-3,6-7,10-11H2,1H3. The molecule has 0 amide bonds. The van der Waals surface area contributed by atoms with Gasteiger partial charge in [-0.1, -0.05) is 12.8 Å². The van der Waals surface area contributed by atoms with Crippen LogP contribution in [0.1, 0.15) is 36.8 Å². The van der Waals surface area contributed by atoms with Crippen LogP contribution in [0.5, 0.6) is 5.75 Å². The summed E-state index contributed by atoms with van der Waals surface area (Å²) in [5.41, 5.74) is 1.01. The molecule has 19 heavy (non-hydrogen) atoms. The molecule has 1 aromatic rings. The second kappa shape index (κ2) is 6.05. The molecule has 4 heteroatoms. The average molecular weight is 260 g/mol. The molecule has 1 aromatic carbocycles. The Kier molecular flexibility index (Phi) is 4.41. The monoisotopic (exact) mass is 260 g/mol. The maximum absolute atomic E-state index is 10.3. The van der Waals surface area contributed by atoms with Crippen LogP contribution < -0.4 is 10.1 Å². The Hall–Kier alpha value is -1.57. The predicted octanol–water partition coefficient (Wildman–Crippen LogP) is 1.96. The molecule has 0 saturated heterocycles. The zero-order valence-corrected chi connectivity index (χ0v) is 11.3. The number of nitrogens with one attached hydrogen (secondary N) is 1. The van der Waals surface area contributed by atoms with Crippen molar-refractivity contribution in [3.05, 3.63) is 29.3 Å². The Balaban J connectivity index is 1.96. The van der Waals surface area contributed by atoms with Crippen molar-refractivity contribution < 1.29 is 9.84 Å². The van der Waals surface area contributed by atoms with Crippen LogP contribution in [0.25, 0.3) is 0 Å². The number of rotatable bonds is 5. The molecule has 1 aliphatic rings. The number of hydrogen-bond donors (Lipinski definition) is 2. The zero-order chi connectivity index (χ0) is 13.7. The number of aliphatic hydroxyl groups is 1. The van der Waals surface area contributed by atoms with Gasteiger partial charge in [-0.2, -0.15) is 5.26 Å². The third kappa shape index (κ3) is 3.46. The van der Waals surface area contributed by atoms with Crippen LogP contribution >= 0.6 is 0 Å². The van der Waals surface area contributed by atoms with Gasteiger partial charge in [0.15, 0.2) is 0 Å². The van der Waals surface area contributed by atoms with Gasteiger partial charge in [-0.25, -0.2) is 0 Å². The van der Waals surface area contributed by atoms with Gasteiger partial charge in [0.1, 0.15) is 5.75 Å². The molecule has 1 aliphatic carbocycles. The fraction of sp³-hybridized carbons (Fsp3) is 0.533. The molecule has 1 saturated carbocycles. The summed E-state index contributed by atoms with van der Waals surface area (Å²) < 4.78 is 5.28. The van der Waals surface area contributed by atoms with Crippen LogP contribution in [0.4, 0.5) is 0 Å². The Morgan fingerprint density at radius 1 is 1.42 bits per heavy atom. The van der Waals surface area contributed by atoms with Gasteiger partial charge in [-0.05, 0) is 31.0 Å². The summed E-state index contributed by atoms with van der Waals surface area (Å²) in [7, 11) is 1.62. The molecule has 0 atom stereocenters. The minimum atomic E-state index is -0.555. The Bertz CT molecular complexity index is 474. The highest BCUT2D eigenvalue weighted by molar-refractivity contribution is 5.41. The van der Waals surface area contributed by atoms with Crippen molar-refractivity contribution in [3.8, 4) is 11.8 Å². The topological polar surface area (TPSA) is 65.3 Å². The van der Waals surface area contributed by atoms with Crippen LogP contribution in [0, 0.1) is 11.3 Å². The Morgan fingerprint density at radius 2 is 2.16 bits per heavy atom. The number of nitrogens with zero attached hydrogens (tertiary/aromatic N) is 1. The molecule has 0 bridgehead atoms. The van der Waals surface area contributed by atoms with E-state index in [4.69, 9.17) is 10.00 Å². The first kappa shape index (κ1) is 13.9. The first-order chi connectivity index (χ1) is 9.17. The fourth-order valence-electron chi connectivity index (χ4n) is 2.63. The molecule has 0 heterocycles. The van der Waals surface area contributed by atoms with Crippen molar-refractivity contribution in [2.75, 3.05) is 13.7 Å². The van der Waals surface area contributed by atoms with Gasteiger partial charge in [0.25, 0.3) is 0 Å². The van der Waals surface area contributed by atoms with Gasteiger partial charge in [-0.3, -0.25) is 0 Å². The summed E-state index contributed by atoms with van der Waals surface area (Å²) in [4.78, 5) is 0. The molecule has 2 N–H and O–H groups in total. The summed E-state index contributed by atoms with van der Waals surface area (Å²) in [5, 5.41) is 22.4. The molecular weight excluding hydrogens is 240 g/mol. The number of benzene rings is 1. The second-order valence-corrected chi connectivity index (χ2v) is 5.17. The lowest BCUT2D eigenvalue weighted by Crippen LogP contribution is -2.37. The van der Waals surface area contributed by atoms with Crippen molar-refractivity contribution >= 4 is 0 Å². The van der Waals surface area contributed by atoms with Gasteiger partial charge in [-0.15, -0.1) is 0 Å². The van der Waals surface area contributed by atoms with Crippen molar-refractivity contribution in [1.29, 1.82) is 5.26 Å². The molecule has 0 aromatic heterocycles. The average Bonchev–Trinajstić information content (AvgIpc) is 2.85. The van der Waals surface area contributed by atoms with Crippen molar-refractivity contribution in [3.63, 3.8) is 0 Å². The van der Waals surface area contributed by atoms with E-state index in [9.17, 15) is 5.11 Å². The van der Waals surface area contributed by atoms with Crippen molar-refractivity contribution in [2.24, 2.45) is 0 Å². The van der Waals surface area contributed by atoms with E-state index in [1.165, 1.54) is 0 Å². The van der Waals surface area contributed by atoms with Crippen LogP contribution in [-0.4, -0.2) is 24.4 Å². The van der Waals surface area contributed by atoms with Gasteiger partial charge in [0, 0.05) is 18.7 Å². The van der Waals surface area contributed by atoms with Crippen LogP contribution in [0.15, 0.2) is 18.2 Å². The molecule has 0 unspecified atom stereocenters. The molecule has 102 valence electrons. The first-order valence-corrected chi connectivity index (χ1v) is 6.67. The molecule has 4 nitrogen and oxygen atoms in total. The van der Waals surface area contributed by atoms with Crippen molar-refractivity contribution in [1.82, 2.24) is 5.32 Å². The Labute approximate surface area is 114 Å². The fourth-order valence-corrected chi connectivity index (χ4v) is 2.63. The number of hydrogen-bond acceptors (Lipinski definition) is 4. The zero-order valence-electron chi connectivity index (χ0n) is 11.3. The highest BCUT2D eigenvalue weighted by Gasteiger charge is 2.30. The minimum absolute atomic E-state index is 0.555. The molecule has 1 fully saturated rings. The van der Waals surface area contributed by atoms with Gasteiger partial charge in [0.2, 0.25) is 0 Å². The third-order valence-electron chi connectivity index (χ3n) is 3.71. The second-order valence-electron chi connectivity index (χ2n) is 5.17. The first-order valence-electron chi connectivity index (χ1n) is 6.67. The van der Waals surface area contributed by atoms with Crippen LogP contribution in [0.2, 0.25) is 0 Å². The number of ether oxygens (including phenoxy) is 1. The van der Waals surface area contributed by atoms with Crippen LogP contribution in [0.3, 0.4) is 0 Å².